The highest BCUT2D eigenvalue weighted by atomic mass is 16.5. The third-order valence-electron chi connectivity index (χ3n) is 6.25. The van der Waals surface area contributed by atoms with Crippen LogP contribution < -0.4 is 4.74 Å². The van der Waals surface area contributed by atoms with Crippen LogP contribution in [0.1, 0.15) is 24.8 Å². The molecule has 32 heavy (non-hydrogen) atoms. The fourth-order valence-corrected chi connectivity index (χ4v) is 4.34. The molecule has 6 nitrogen and oxygen atoms in total. The Morgan fingerprint density at radius 2 is 1.91 bits per heavy atom. The molecular weight excluding hydrogens is 400 g/mol. The average molecular weight is 421 g/mol. The number of aromatic nitrogens is 4. The van der Waals surface area contributed by atoms with Crippen LogP contribution in [-0.4, -0.2) is 32.1 Å². The molecule has 1 saturated carbocycles. The number of carbonyl (C=O) groups excluding carboxylic acids is 1. The molecule has 6 heteroatoms. The molecule has 3 heterocycles. The van der Waals surface area contributed by atoms with Crippen LogP contribution in [0.3, 0.4) is 0 Å². The normalized spacial score (nSPS) is 14.0. The summed E-state index contributed by atoms with van der Waals surface area (Å²) in [6.07, 6.45) is 11.2. The highest BCUT2D eigenvalue weighted by Crippen LogP contribution is 2.43. The van der Waals surface area contributed by atoms with Crippen molar-refractivity contribution in [2.75, 3.05) is 0 Å². The lowest BCUT2D eigenvalue weighted by molar-refractivity contribution is 0.121. The maximum atomic E-state index is 11.1. The van der Waals surface area contributed by atoms with Crippen LogP contribution in [0.25, 0.3) is 44.2 Å². The third-order valence-corrected chi connectivity index (χ3v) is 6.25. The molecule has 5 aromatic rings. The second-order valence-electron chi connectivity index (χ2n) is 8.35. The van der Waals surface area contributed by atoms with Crippen LogP contribution in [-0.2, 0) is 11.8 Å². The number of hydrogen-bond donors (Lipinski definition) is 1. The Morgan fingerprint density at radius 1 is 1.06 bits per heavy atom. The second kappa shape index (κ2) is 7.34. The summed E-state index contributed by atoms with van der Waals surface area (Å²) in [5, 5.41) is 6.45. The largest absolute Gasteiger partial charge is 0.490 e. The van der Waals surface area contributed by atoms with E-state index in [0.29, 0.717) is 5.56 Å². The fraction of sp³-hybridized carbons (Fsp3) is 0.192. The number of aromatic amines is 1. The number of H-pyrrole nitrogens is 1. The number of pyridine rings is 1. The molecule has 6 rings (SSSR count). The molecule has 0 bridgehead atoms. The van der Waals surface area contributed by atoms with Gasteiger partial charge in [-0.3, -0.25) is 14.5 Å². The third kappa shape index (κ3) is 3.07. The van der Waals surface area contributed by atoms with Gasteiger partial charge in [0.25, 0.3) is 0 Å². The van der Waals surface area contributed by atoms with Crippen molar-refractivity contribution in [2.24, 2.45) is 7.05 Å². The Hall–Kier alpha value is -3.93. The van der Waals surface area contributed by atoms with Gasteiger partial charge >= 0.3 is 0 Å². The number of fused-ring (bicyclic) bond motifs is 3. The van der Waals surface area contributed by atoms with E-state index in [2.05, 4.69) is 27.2 Å². The summed E-state index contributed by atoms with van der Waals surface area (Å²) in [5.41, 5.74) is 6.39. The van der Waals surface area contributed by atoms with Gasteiger partial charge in [-0.05, 0) is 43.0 Å². The summed E-state index contributed by atoms with van der Waals surface area (Å²) in [4.78, 5) is 19.2. The maximum Gasteiger partial charge on any atom is 0.233 e. The molecule has 1 N–H and O–H groups in total. The summed E-state index contributed by atoms with van der Waals surface area (Å²) in [6, 6.07) is 13.7. The van der Waals surface area contributed by atoms with Crippen molar-refractivity contribution in [1.29, 1.82) is 0 Å². The highest BCUT2D eigenvalue weighted by Gasteiger charge is 2.23. The zero-order valence-electron chi connectivity index (χ0n) is 17.6. The number of hydrogen-bond acceptors (Lipinski definition) is 4. The van der Waals surface area contributed by atoms with E-state index in [9.17, 15) is 4.79 Å². The Morgan fingerprint density at radius 3 is 2.59 bits per heavy atom. The van der Waals surface area contributed by atoms with Crippen LogP contribution in [0, 0.1) is 0 Å². The quantitative estimate of drug-likeness (QED) is 0.425. The second-order valence-corrected chi connectivity index (χ2v) is 8.35. The van der Waals surface area contributed by atoms with Crippen molar-refractivity contribution in [2.45, 2.75) is 25.4 Å². The van der Waals surface area contributed by atoms with Gasteiger partial charge in [-0.1, -0.05) is 24.3 Å². The maximum absolute atomic E-state index is 11.1. The molecule has 0 atom stereocenters. The van der Waals surface area contributed by atoms with E-state index in [0.717, 1.165) is 62.8 Å². The topological polar surface area (TPSA) is 72.8 Å². The van der Waals surface area contributed by atoms with Crippen molar-refractivity contribution in [1.82, 2.24) is 19.7 Å². The van der Waals surface area contributed by atoms with E-state index in [-0.39, 0.29) is 6.10 Å². The number of ether oxygens (including phenoxy) is 1. The molecule has 0 saturated heterocycles. The van der Waals surface area contributed by atoms with Gasteiger partial charge in [-0.2, -0.15) is 5.10 Å². The number of nitrogens with zero attached hydrogens (tertiary/aromatic N) is 3. The van der Waals surface area contributed by atoms with Crippen molar-refractivity contribution in [3.05, 3.63) is 66.6 Å². The molecule has 3 aromatic heterocycles. The Labute approximate surface area is 184 Å². The SMILES string of the molecule is Cn1cc(-c2cc3c(cn2)[nH]c2ccc(OC4CCC4)c(-c4ccc([C]=O)cc4)c23)cn1. The molecule has 1 fully saturated rings. The van der Waals surface area contributed by atoms with Crippen LogP contribution in [0.2, 0.25) is 0 Å². The molecular formula is C26H21N4O2. The molecule has 2 aromatic carbocycles. The molecule has 0 unspecified atom stereocenters. The Balaban J connectivity index is 1.61. The van der Waals surface area contributed by atoms with Gasteiger partial charge in [-0.25, -0.2) is 0 Å². The number of nitrogens with one attached hydrogen (secondary N) is 1. The molecule has 1 aliphatic carbocycles. The monoisotopic (exact) mass is 421 g/mol. The van der Waals surface area contributed by atoms with Gasteiger partial charge in [0.1, 0.15) is 5.75 Å². The van der Waals surface area contributed by atoms with Crippen LogP contribution in [0.15, 0.2) is 61.1 Å². The van der Waals surface area contributed by atoms with E-state index in [4.69, 9.17) is 4.74 Å². The molecule has 157 valence electrons. The number of rotatable bonds is 5. The first-order valence-electron chi connectivity index (χ1n) is 10.8. The number of aryl methyl sites for hydroxylation is 1. The van der Waals surface area contributed by atoms with Gasteiger partial charge in [-0.15, -0.1) is 0 Å². The van der Waals surface area contributed by atoms with Crippen molar-refractivity contribution < 1.29 is 9.53 Å². The lowest BCUT2D eigenvalue weighted by Crippen LogP contribution is -2.24. The minimum atomic E-state index is 0.256. The standard InChI is InChI=1S/C26H21N4O2/c1-30-14-18(12-28-30)22-11-20-23(13-27-22)29-21-9-10-24(32-19-3-2-4-19)25(26(20)21)17-7-5-16(15-31)6-8-17/h5-14,19,29H,2-4H2,1H3. The summed E-state index contributed by atoms with van der Waals surface area (Å²) in [6.45, 7) is 0. The highest BCUT2D eigenvalue weighted by molar-refractivity contribution is 6.16. The summed E-state index contributed by atoms with van der Waals surface area (Å²) >= 11 is 0. The molecule has 0 amide bonds. The first kappa shape index (κ1) is 18.8. The smallest absolute Gasteiger partial charge is 0.233 e. The molecule has 0 spiro atoms. The van der Waals surface area contributed by atoms with Gasteiger partial charge in [0, 0.05) is 46.2 Å². The van der Waals surface area contributed by atoms with Gasteiger partial charge in [0.2, 0.25) is 6.29 Å². The predicted octanol–water partition coefficient (Wildman–Crippen LogP) is 5.17. The lowest BCUT2D eigenvalue weighted by atomic mass is 9.94. The van der Waals surface area contributed by atoms with Crippen LogP contribution in [0.4, 0.5) is 0 Å². The minimum absolute atomic E-state index is 0.256. The van der Waals surface area contributed by atoms with E-state index in [1.165, 1.54) is 6.42 Å². The van der Waals surface area contributed by atoms with E-state index >= 15 is 0 Å². The molecule has 1 radical (unpaired) electrons. The Kier molecular flexibility index (Phi) is 4.31. The van der Waals surface area contributed by atoms with E-state index < -0.39 is 0 Å². The first-order chi connectivity index (χ1) is 15.7. The Bertz CT molecular complexity index is 1460. The average Bonchev–Trinajstić information content (AvgIpc) is 3.39. The van der Waals surface area contributed by atoms with E-state index in [1.807, 2.05) is 50.1 Å². The van der Waals surface area contributed by atoms with Crippen LogP contribution >= 0.6 is 0 Å². The predicted molar refractivity (Wildman–Crippen MR) is 124 cm³/mol. The fourth-order valence-electron chi connectivity index (χ4n) is 4.34. The van der Waals surface area contributed by atoms with E-state index in [1.54, 1.807) is 16.8 Å². The number of benzene rings is 2. The van der Waals surface area contributed by atoms with Crippen molar-refractivity contribution in [3.63, 3.8) is 0 Å². The summed E-state index contributed by atoms with van der Waals surface area (Å²) in [5.74, 6) is 0.866. The molecule has 1 aliphatic rings. The lowest BCUT2D eigenvalue weighted by Gasteiger charge is -2.28. The van der Waals surface area contributed by atoms with Crippen molar-refractivity contribution >= 4 is 28.1 Å². The summed E-state index contributed by atoms with van der Waals surface area (Å²) in [7, 11) is 1.90. The van der Waals surface area contributed by atoms with Gasteiger partial charge in [0.05, 0.1) is 29.7 Å². The minimum Gasteiger partial charge on any atom is -0.490 e. The molecule has 0 aliphatic heterocycles. The zero-order chi connectivity index (χ0) is 21.7. The van der Waals surface area contributed by atoms with Gasteiger partial charge in [0.15, 0.2) is 0 Å². The zero-order valence-corrected chi connectivity index (χ0v) is 17.6. The van der Waals surface area contributed by atoms with Crippen molar-refractivity contribution in [3.8, 4) is 28.1 Å². The van der Waals surface area contributed by atoms with Crippen LogP contribution in [0.5, 0.6) is 5.75 Å². The first-order valence-corrected chi connectivity index (χ1v) is 10.8. The summed E-state index contributed by atoms with van der Waals surface area (Å²) < 4.78 is 8.19. The van der Waals surface area contributed by atoms with Gasteiger partial charge < -0.3 is 9.72 Å².